The highest BCUT2D eigenvalue weighted by Gasteiger charge is 2.07. The molecule has 1 atom stereocenters. The van der Waals surface area contributed by atoms with Gasteiger partial charge in [0.25, 0.3) is 0 Å². The summed E-state index contributed by atoms with van der Waals surface area (Å²) < 4.78 is 5.37. The van der Waals surface area contributed by atoms with Gasteiger partial charge in [-0.15, -0.1) is 0 Å². The van der Waals surface area contributed by atoms with Crippen molar-refractivity contribution in [3.05, 3.63) is 29.3 Å². The van der Waals surface area contributed by atoms with Crippen LogP contribution in [0, 0.1) is 6.92 Å². The lowest BCUT2D eigenvalue weighted by molar-refractivity contribution is 0.340. The molecule has 0 bridgehead atoms. The van der Waals surface area contributed by atoms with Crippen LogP contribution >= 0.6 is 0 Å². The number of nitrogens with zero attached hydrogens (tertiary/aromatic N) is 1. The normalized spacial score (nSPS) is 11.7. The highest BCUT2D eigenvalue weighted by molar-refractivity contribution is 5.40. The number of carbonyl (C=O) groups excluding carboxylic acids is 1. The van der Waals surface area contributed by atoms with Crippen molar-refractivity contribution in [1.29, 1.82) is 0 Å². The number of isocyanates is 1. The molecule has 0 spiro atoms. The summed E-state index contributed by atoms with van der Waals surface area (Å²) in [5.74, 6) is 0.848. The molecule has 0 N–H and O–H groups in total. The third-order valence-corrected chi connectivity index (χ3v) is 2.25. The Morgan fingerprint density at radius 1 is 1.53 bits per heavy atom. The van der Waals surface area contributed by atoms with Crippen LogP contribution < -0.4 is 4.74 Å². The first-order valence-corrected chi connectivity index (χ1v) is 4.99. The van der Waals surface area contributed by atoms with Gasteiger partial charge in [-0.3, -0.25) is 0 Å². The van der Waals surface area contributed by atoms with E-state index in [9.17, 15) is 4.79 Å². The molecule has 0 fully saturated rings. The van der Waals surface area contributed by atoms with Crippen LogP contribution in [0.2, 0.25) is 0 Å². The molecule has 0 saturated carbocycles. The lowest BCUT2D eigenvalue weighted by Gasteiger charge is -2.10. The maximum absolute atomic E-state index is 10.2. The number of rotatable bonds is 4. The summed E-state index contributed by atoms with van der Waals surface area (Å²) in [7, 11) is 0. The summed E-state index contributed by atoms with van der Waals surface area (Å²) in [6, 6.07) is 5.64. The summed E-state index contributed by atoms with van der Waals surface area (Å²) in [6.45, 7) is 6.45. The molecule has 1 aromatic carbocycles. The molecule has 3 heteroatoms. The molecule has 0 aliphatic carbocycles. The molecule has 15 heavy (non-hydrogen) atoms. The SMILES string of the molecule is CCOc1ccc(C(C)N=C=O)c(C)c1. The second-order valence-electron chi connectivity index (χ2n) is 3.35. The topological polar surface area (TPSA) is 38.7 Å². The zero-order valence-corrected chi connectivity index (χ0v) is 9.28. The Kier molecular flexibility index (Phi) is 4.07. The van der Waals surface area contributed by atoms with Crippen molar-refractivity contribution < 1.29 is 9.53 Å². The maximum Gasteiger partial charge on any atom is 0.235 e. The first-order valence-electron chi connectivity index (χ1n) is 4.99. The monoisotopic (exact) mass is 205 g/mol. The molecule has 0 aromatic heterocycles. The first-order chi connectivity index (χ1) is 7.19. The molecule has 0 radical (unpaired) electrons. The fourth-order valence-corrected chi connectivity index (χ4v) is 1.52. The van der Waals surface area contributed by atoms with Crippen molar-refractivity contribution in [3.63, 3.8) is 0 Å². The third kappa shape index (κ3) is 2.93. The second-order valence-corrected chi connectivity index (χ2v) is 3.35. The van der Waals surface area contributed by atoms with Crippen molar-refractivity contribution in [2.45, 2.75) is 26.8 Å². The minimum absolute atomic E-state index is 0.141. The molecule has 0 amide bonds. The fourth-order valence-electron chi connectivity index (χ4n) is 1.52. The van der Waals surface area contributed by atoms with Gasteiger partial charge in [-0.2, -0.15) is 4.99 Å². The van der Waals surface area contributed by atoms with Crippen molar-refractivity contribution in [2.24, 2.45) is 4.99 Å². The van der Waals surface area contributed by atoms with E-state index in [0.717, 1.165) is 16.9 Å². The van der Waals surface area contributed by atoms with E-state index in [1.54, 1.807) is 6.08 Å². The van der Waals surface area contributed by atoms with Gasteiger partial charge in [0, 0.05) is 0 Å². The highest BCUT2D eigenvalue weighted by atomic mass is 16.5. The Labute approximate surface area is 89.8 Å². The van der Waals surface area contributed by atoms with Crippen LogP contribution in [0.15, 0.2) is 23.2 Å². The van der Waals surface area contributed by atoms with Crippen LogP contribution in [0.4, 0.5) is 0 Å². The number of hydrogen-bond donors (Lipinski definition) is 0. The fraction of sp³-hybridized carbons (Fsp3) is 0.417. The Bertz CT molecular complexity index is 381. The van der Waals surface area contributed by atoms with Gasteiger partial charge in [0.1, 0.15) is 5.75 Å². The quantitative estimate of drug-likeness (QED) is 0.560. The summed E-state index contributed by atoms with van der Waals surface area (Å²) in [5, 5.41) is 0. The molecule has 0 aliphatic rings. The zero-order valence-electron chi connectivity index (χ0n) is 9.28. The molecular formula is C12H15NO2. The zero-order chi connectivity index (χ0) is 11.3. The van der Waals surface area contributed by atoms with Crippen molar-refractivity contribution in [2.75, 3.05) is 6.61 Å². The minimum atomic E-state index is -0.141. The lowest BCUT2D eigenvalue weighted by Crippen LogP contribution is -1.96. The Morgan fingerprint density at radius 3 is 2.80 bits per heavy atom. The van der Waals surface area contributed by atoms with Crippen LogP contribution in [-0.2, 0) is 4.79 Å². The second kappa shape index (κ2) is 5.32. The molecule has 80 valence electrons. The summed E-state index contributed by atoms with van der Waals surface area (Å²) in [6.07, 6.45) is 1.58. The Morgan fingerprint density at radius 2 is 2.27 bits per heavy atom. The van der Waals surface area contributed by atoms with Gasteiger partial charge in [-0.25, -0.2) is 4.79 Å². The van der Waals surface area contributed by atoms with Gasteiger partial charge in [0.05, 0.1) is 12.6 Å². The number of benzene rings is 1. The van der Waals surface area contributed by atoms with Gasteiger partial charge in [0.15, 0.2) is 0 Å². The molecule has 0 saturated heterocycles. The molecule has 3 nitrogen and oxygen atoms in total. The van der Waals surface area contributed by atoms with E-state index in [1.807, 2.05) is 39.0 Å². The average molecular weight is 205 g/mol. The minimum Gasteiger partial charge on any atom is -0.494 e. The predicted molar refractivity (Wildman–Crippen MR) is 58.9 cm³/mol. The van der Waals surface area contributed by atoms with Crippen molar-refractivity contribution in [3.8, 4) is 5.75 Å². The smallest absolute Gasteiger partial charge is 0.235 e. The summed E-state index contributed by atoms with van der Waals surface area (Å²) in [4.78, 5) is 13.8. The number of ether oxygens (including phenoxy) is 1. The van der Waals surface area contributed by atoms with Crippen LogP contribution in [0.1, 0.15) is 31.0 Å². The van der Waals surface area contributed by atoms with E-state index in [0.29, 0.717) is 6.61 Å². The van der Waals surface area contributed by atoms with Crippen LogP contribution in [-0.4, -0.2) is 12.7 Å². The van der Waals surface area contributed by atoms with Gasteiger partial charge in [-0.1, -0.05) is 6.07 Å². The maximum atomic E-state index is 10.2. The van der Waals surface area contributed by atoms with E-state index in [2.05, 4.69) is 4.99 Å². The van der Waals surface area contributed by atoms with Gasteiger partial charge >= 0.3 is 0 Å². The van der Waals surface area contributed by atoms with E-state index in [1.165, 1.54) is 0 Å². The van der Waals surface area contributed by atoms with Gasteiger partial charge < -0.3 is 4.74 Å². The molecule has 1 aromatic rings. The summed E-state index contributed by atoms with van der Waals surface area (Å²) in [5.41, 5.74) is 2.11. The molecule has 0 aliphatic heterocycles. The van der Waals surface area contributed by atoms with Crippen LogP contribution in [0.3, 0.4) is 0 Å². The first kappa shape index (κ1) is 11.5. The molecule has 1 rings (SSSR count). The highest BCUT2D eigenvalue weighted by Crippen LogP contribution is 2.24. The lowest BCUT2D eigenvalue weighted by atomic mass is 10.0. The Hall–Kier alpha value is -1.60. The average Bonchev–Trinajstić information content (AvgIpc) is 2.18. The predicted octanol–water partition coefficient (Wildman–Crippen LogP) is 2.79. The summed E-state index contributed by atoms with van der Waals surface area (Å²) >= 11 is 0. The third-order valence-electron chi connectivity index (χ3n) is 2.25. The molecule has 1 unspecified atom stereocenters. The van der Waals surface area contributed by atoms with E-state index >= 15 is 0 Å². The number of hydrogen-bond acceptors (Lipinski definition) is 3. The molecule has 0 heterocycles. The van der Waals surface area contributed by atoms with E-state index < -0.39 is 0 Å². The van der Waals surface area contributed by atoms with E-state index in [-0.39, 0.29) is 6.04 Å². The Balaban J connectivity index is 2.96. The van der Waals surface area contributed by atoms with Crippen LogP contribution in [0.25, 0.3) is 0 Å². The largest absolute Gasteiger partial charge is 0.494 e. The van der Waals surface area contributed by atoms with Gasteiger partial charge in [0.2, 0.25) is 6.08 Å². The standard InChI is InChI=1S/C12H15NO2/c1-4-15-11-5-6-12(9(2)7-11)10(3)13-8-14/h5-7,10H,4H2,1-3H3. The van der Waals surface area contributed by atoms with Crippen molar-refractivity contribution in [1.82, 2.24) is 0 Å². The van der Waals surface area contributed by atoms with Crippen LogP contribution in [0.5, 0.6) is 5.75 Å². The van der Waals surface area contributed by atoms with E-state index in [4.69, 9.17) is 4.74 Å². The number of aryl methyl sites for hydroxylation is 1. The number of aliphatic imine (C=N–C) groups is 1. The van der Waals surface area contributed by atoms with Gasteiger partial charge in [-0.05, 0) is 44.0 Å². The molecular weight excluding hydrogens is 190 g/mol. The van der Waals surface area contributed by atoms with Crippen molar-refractivity contribution >= 4 is 6.08 Å².